The highest BCUT2D eigenvalue weighted by molar-refractivity contribution is 5.78. The number of halogens is 1. The number of nitrogens with zero attached hydrogens (tertiary/aromatic N) is 2. The quantitative estimate of drug-likeness (QED) is 0.748. The van der Waals surface area contributed by atoms with Crippen molar-refractivity contribution in [2.45, 2.75) is 12.6 Å². The Morgan fingerprint density at radius 3 is 3.12 bits per heavy atom. The zero-order valence-corrected chi connectivity index (χ0v) is 8.69. The molecular weight excluding hydrogens is 209 g/mol. The molecule has 5 heteroatoms. The van der Waals surface area contributed by atoms with Gasteiger partial charge in [-0.25, -0.2) is 4.39 Å². The van der Waals surface area contributed by atoms with Crippen LogP contribution in [0, 0.1) is 0 Å². The lowest BCUT2D eigenvalue weighted by Gasteiger charge is -2.10. The number of hydrogen-bond acceptors (Lipinski definition) is 4. The third-order valence-electron chi connectivity index (χ3n) is 2.80. The first-order chi connectivity index (χ1) is 7.72. The third kappa shape index (κ3) is 1.48. The lowest BCUT2D eigenvalue weighted by Crippen LogP contribution is -2.19. The highest BCUT2D eigenvalue weighted by Gasteiger charge is 2.25. The summed E-state index contributed by atoms with van der Waals surface area (Å²) in [6.45, 7) is 1.02. The molecule has 0 bridgehead atoms. The number of hydrogen-bond donors (Lipinski definition) is 1. The fourth-order valence-electron chi connectivity index (χ4n) is 1.96. The highest BCUT2D eigenvalue weighted by atomic mass is 19.1. The van der Waals surface area contributed by atoms with E-state index in [9.17, 15) is 4.39 Å². The van der Waals surface area contributed by atoms with Gasteiger partial charge in [-0.15, -0.1) is 0 Å². The molecule has 0 radical (unpaired) electrons. The summed E-state index contributed by atoms with van der Waals surface area (Å²) in [5.74, 6) is 0. The fourth-order valence-corrected chi connectivity index (χ4v) is 1.96. The number of fused-ring (bicyclic) bond motifs is 1. The lowest BCUT2D eigenvalue weighted by atomic mass is 10.3. The van der Waals surface area contributed by atoms with Gasteiger partial charge in [0.1, 0.15) is 11.7 Å². The monoisotopic (exact) mass is 221 g/mol. The minimum Gasteiger partial charge on any atom is -0.423 e. The van der Waals surface area contributed by atoms with Crippen molar-refractivity contribution < 1.29 is 8.81 Å². The molecule has 4 nitrogen and oxygen atoms in total. The van der Waals surface area contributed by atoms with Crippen molar-refractivity contribution in [1.29, 1.82) is 0 Å². The number of nitrogen functional groups attached to an aromatic ring is 1. The van der Waals surface area contributed by atoms with E-state index in [0.717, 1.165) is 5.52 Å². The van der Waals surface area contributed by atoms with Crippen LogP contribution in [-0.2, 0) is 0 Å². The van der Waals surface area contributed by atoms with Crippen LogP contribution in [0.15, 0.2) is 22.6 Å². The zero-order valence-electron chi connectivity index (χ0n) is 8.69. The second kappa shape index (κ2) is 3.37. The second-order valence-corrected chi connectivity index (χ2v) is 4.06. The Morgan fingerprint density at radius 1 is 1.50 bits per heavy atom. The maximum Gasteiger partial charge on any atom is 0.298 e. The maximum absolute atomic E-state index is 13.0. The topological polar surface area (TPSA) is 55.3 Å². The van der Waals surface area contributed by atoms with Crippen LogP contribution in [0.3, 0.4) is 0 Å². The lowest BCUT2D eigenvalue weighted by molar-refractivity contribution is 0.363. The van der Waals surface area contributed by atoms with Gasteiger partial charge in [0.15, 0.2) is 5.58 Å². The van der Waals surface area contributed by atoms with Crippen LogP contribution in [0.2, 0.25) is 0 Å². The largest absolute Gasteiger partial charge is 0.423 e. The molecule has 3 rings (SSSR count). The van der Waals surface area contributed by atoms with Crippen LogP contribution >= 0.6 is 0 Å². The third-order valence-corrected chi connectivity index (χ3v) is 2.80. The molecule has 1 unspecified atom stereocenters. The fraction of sp³-hybridized carbons (Fsp3) is 0.364. The Morgan fingerprint density at radius 2 is 2.38 bits per heavy atom. The van der Waals surface area contributed by atoms with Crippen LogP contribution in [0.4, 0.5) is 16.1 Å². The Hall–Kier alpha value is -1.78. The molecule has 2 heterocycles. The van der Waals surface area contributed by atoms with Gasteiger partial charge in [0.25, 0.3) is 6.01 Å². The summed E-state index contributed by atoms with van der Waals surface area (Å²) in [6.07, 6.45) is -0.235. The van der Waals surface area contributed by atoms with Crippen LogP contribution in [0.25, 0.3) is 11.1 Å². The summed E-state index contributed by atoms with van der Waals surface area (Å²) in [4.78, 5) is 6.13. The molecule has 0 spiro atoms. The Bertz CT molecular complexity index is 525. The number of aromatic nitrogens is 1. The summed E-state index contributed by atoms with van der Waals surface area (Å²) >= 11 is 0. The molecule has 84 valence electrons. The van der Waals surface area contributed by atoms with Crippen molar-refractivity contribution in [3.8, 4) is 0 Å². The second-order valence-electron chi connectivity index (χ2n) is 4.06. The molecule has 2 N–H and O–H groups in total. The Kier molecular flexibility index (Phi) is 1.99. The van der Waals surface area contributed by atoms with Crippen LogP contribution in [-0.4, -0.2) is 24.2 Å². The van der Waals surface area contributed by atoms with Crippen LogP contribution < -0.4 is 10.6 Å². The van der Waals surface area contributed by atoms with Crippen molar-refractivity contribution in [1.82, 2.24) is 4.98 Å². The highest BCUT2D eigenvalue weighted by Crippen LogP contribution is 2.26. The number of oxazole rings is 1. The van der Waals surface area contributed by atoms with Gasteiger partial charge in [0.2, 0.25) is 0 Å². The van der Waals surface area contributed by atoms with Gasteiger partial charge in [0, 0.05) is 18.3 Å². The number of anilines is 2. The normalized spacial score (nSPS) is 20.8. The molecular formula is C11H12FN3O. The minimum atomic E-state index is -0.778. The molecule has 0 amide bonds. The molecule has 1 fully saturated rings. The van der Waals surface area contributed by atoms with Crippen molar-refractivity contribution in [2.75, 3.05) is 23.7 Å². The van der Waals surface area contributed by atoms with Crippen LogP contribution in [0.1, 0.15) is 6.42 Å². The van der Waals surface area contributed by atoms with E-state index >= 15 is 0 Å². The molecule has 1 saturated heterocycles. The van der Waals surface area contributed by atoms with E-state index in [1.165, 1.54) is 0 Å². The maximum atomic E-state index is 13.0. The summed E-state index contributed by atoms with van der Waals surface area (Å²) < 4.78 is 18.6. The average Bonchev–Trinajstić information content (AvgIpc) is 2.83. The van der Waals surface area contributed by atoms with E-state index in [1.807, 2.05) is 4.90 Å². The first-order valence-electron chi connectivity index (χ1n) is 5.27. The predicted octanol–water partition coefficient (Wildman–Crippen LogP) is 1.96. The summed E-state index contributed by atoms with van der Waals surface area (Å²) in [7, 11) is 0. The van der Waals surface area contributed by atoms with Crippen molar-refractivity contribution in [3.63, 3.8) is 0 Å². The average molecular weight is 221 g/mol. The molecule has 16 heavy (non-hydrogen) atoms. The van der Waals surface area contributed by atoms with Gasteiger partial charge in [-0.1, -0.05) is 0 Å². The van der Waals surface area contributed by atoms with Gasteiger partial charge in [-0.3, -0.25) is 0 Å². The van der Waals surface area contributed by atoms with E-state index < -0.39 is 6.17 Å². The molecule has 1 aliphatic rings. The molecule has 2 aromatic rings. The predicted molar refractivity (Wildman–Crippen MR) is 60.1 cm³/mol. The van der Waals surface area contributed by atoms with Gasteiger partial charge >= 0.3 is 0 Å². The van der Waals surface area contributed by atoms with Crippen molar-refractivity contribution in [3.05, 3.63) is 18.2 Å². The number of rotatable bonds is 1. The summed E-state index contributed by atoms with van der Waals surface area (Å²) in [5, 5.41) is 0. The first kappa shape index (κ1) is 9.45. The molecule has 1 aliphatic heterocycles. The summed E-state index contributed by atoms with van der Waals surface area (Å²) in [6, 6.07) is 5.80. The van der Waals surface area contributed by atoms with E-state index in [1.54, 1.807) is 18.2 Å². The van der Waals surface area contributed by atoms with Crippen molar-refractivity contribution >= 4 is 22.8 Å². The number of benzene rings is 1. The molecule has 0 saturated carbocycles. The SMILES string of the molecule is Nc1ccc2nc(N3CCC(F)C3)oc2c1. The molecule has 1 atom stereocenters. The van der Waals surface area contributed by atoms with Crippen molar-refractivity contribution in [2.24, 2.45) is 0 Å². The Balaban J connectivity index is 1.99. The smallest absolute Gasteiger partial charge is 0.298 e. The standard InChI is InChI=1S/C11H12FN3O/c12-7-3-4-15(6-7)11-14-9-2-1-8(13)5-10(9)16-11/h1-2,5,7H,3-4,6,13H2. The van der Waals surface area contributed by atoms with Gasteiger partial charge in [0.05, 0.1) is 6.54 Å². The number of alkyl halides is 1. The number of nitrogens with two attached hydrogens (primary N) is 1. The summed E-state index contributed by atoms with van der Waals surface area (Å²) in [5.41, 5.74) is 7.69. The molecule has 1 aromatic carbocycles. The first-order valence-corrected chi connectivity index (χ1v) is 5.27. The Labute approximate surface area is 91.8 Å². The van der Waals surface area contributed by atoms with Gasteiger partial charge in [-0.2, -0.15) is 4.98 Å². The molecule has 0 aliphatic carbocycles. The van der Waals surface area contributed by atoms with E-state index in [4.69, 9.17) is 10.2 Å². The van der Waals surface area contributed by atoms with Gasteiger partial charge < -0.3 is 15.1 Å². The van der Waals surface area contributed by atoms with Crippen LogP contribution in [0.5, 0.6) is 0 Å². The van der Waals surface area contributed by atoms with E-state index in [2.05, 4.69) is 4.98 Å². The minimum absolute atomic E-state index is 0.363. The van der Waals surface area contributed by atoms with Gasteiger partial charge in [-0.05, 0) is 18.6 Å². The van der Waals surface area contributed by atoms with E-state index in [-0.39, 0.29) is 0 Å². The zero-order chi connectivity index (χ0) is 11.1. The molecule has 1 aromatic heterocycles. The van der Waals surface area contributed by atoms with E-state index in [0.29, 0.717) is 36.8 Å².